The quantitative estimate of drug-likeness (QED) is 0.769. The van der Waals surface area contributed by atoms with Crippen LogP contribution in [0.25, 0.3) is 11.1 Å². The summed E-state index contributed by atoms with van der Waals surface area (Å²) in [7, 11) is 0. The maximum atomic E-state index is 13.0. The fourth-order valence-electron chi connectivity index (χ4n) is 3.08. The summed E-state index contributed by atoms with van der Waals surface area (Å²) in [5.74, 6) is 0.189. The molecule has 130 valence electrons. The molecule has 0 saturated heterocycles. The lowest BCUT2D eigenvalue weighted by molar-refractivity contribution is 0.0939. The SMILES string of the molecule is CC(NC(=O)c1ccc2c(c1)OCc1cnccc1-2)c1ccc(F)cc1. The molecule has 1 unspecified atom stereocenters. The average Bonchev–Trinajstić information content (AvgIpc) is 2.67. The second-order valence-corrected chi connectivity index (χ2v) is 6.28. The molecule has 26 heavy (non-hydrogen) atoms. The van der Waals surface area contributed by atoms with Gasteiger partial charge in [-0.15, -0.1) is 0 Å². The first-order valence-electron chi connectivity index (χ1n) is 8.38. The summed E-state index contributed by atoms with van der Waals surface area (Å²) in [6, 6.07) is 13.3. The molecule has 0 aliphatic carbocycles. The van der Waals surface area contributed by atoms with E-state index in [4.69, 9.17) is 4.74 Å². The van der Waals surface area contributed by atoms with Gasteiger partial charge in [-0.2, -0.15) is 0 Å². The molecule has 4 rings (SSSR count). The standard InChI is InChI=1S/C21H17FN2O2/c1-13(14-2-5-17(22)6-3-14)24-21(25)15-4-7-19-18-8-9-23-11-16(18)12-26-20(19)10-15/h2-11,13H,12H2,1H3,(H,24,25). The van der Waals surface area contributed by atoms with E-state index < -0.39 is 0 Å². The van der Waals surface area contributed by atoms with Gasteiger partial charge in [0, 0.05) is 29.1 Å². The summed E-state index contributed by atoms with van der Waals surface area (Å²) >= 11 is 0. The molecule has 0 bridgehead atoms. The predicted octanol–water partition coefficient (Wildman–Crippen LogP) is 4.27. The van der Waals surface area contributed by atoms with Crippen LogP contribution in [-0.4, -0.2) is 10.9 Å². The van der Waals surface area contributed by atoms with E-state index in [9.17, 15) is 9.18 Å². The van der Waals surface area contributed by atoms with Crippen LogP contribution in [0.2, 0.25) is 0 Å². The number of amides is 1. The minimum Gasteiger partial charge on any atom is -0.488 e. The normalized spacial score (nSPS) is 13.2. The second kappa shape index (κ2) is 6.59. The molecule has 0 saturated carbocycles. The van der Waals surface area contributed by atoms with E-state index in [2.05, 4.69) is 10.3 Å². The van der Waals surface area contributed by atoms with E-state index in [0.29, 0.717) is 17.9 Å². The highest BCUT2D eigenvalue weighted by molar-refractivity contribution is 5.96. The molecule has 0 fully saturated rings. The summed E-state index contributed by atoms with van der Waals surface area (Å²) in [6.45, 7) is 2.30. The fourth-order valence-corrected chi connectivity index (χ4v) is 3.08. The van der Waals surface area contributed by atoms with E-state index in [1.54, 1.807) is 36.7 Å². The van der Waals surface area contributed by atoms with Crippen molar-refractivity contribution in [3.63, 3.8) is 0 Å². The van der Waals surface area contributed by atoms with Crippen molar-refractivity contribution in [2.45, 2.75) is 19.6 Å². The number of ether oxygens (including phenoxy) is 1. The molecule has 2 aromatic carbocycles. The number of carbonyl (C=O) groups excluding carboxylic acids is 1. The monoisotopic (exact) mass is 348 g/mol. The molecule has 1 amide bonds. The molecular weight excluding hydrogens is 331 g/mol. The van der Waals surface area contributed by atoms with Crippen LogP contribution >= 0.6 is 0 Å². The van der Waals surface area contributed by atoms with Gasteiger partial charge in [-0.1, -0.05) is 12.1 Å². The maximum absolute atomic E-state index is 13.0. The molecule has 1 aliphatic heterocycles. The second-order valence-electron chi connectivity index (χ2n) is 6.28. The fraction of sp³-hybridized carbons (Fsp3) is 0.143. The Bertz CT molecular complexity index is 970. The number of fused-ring (bicyclic) bond motifs is 3. The zero-order valence-corrected chi connectivity index (χ0v) is 14.2. The summed E-state index contributed by atoms with van der Waals surface area (Å²) < 4.78 is 18.8. The summed E-state index contributed by atoms with van der Waals surface area (Å²) in [4.78, 5) is 16.7. The third kappa shape index (κ3) is 3.04. The number of hydrogen-bond donors (Lipinski definition) is 1. The summed E-state index contributed by atoms with van der Waals surface area (Å²) in [5, 5.41) is 2.93. The largest absolute Gasteiger partial charge is 0.488 e. The number of nitrogens with zero attached hydrogens (tertiary/aromatic N) is 1. The van der Waals surface area contributed by atoms with Crippen LogP contribution in [-0.2, 0) is 6.61 Å². The van der Waals surface area contributed by atoms with Crippen LogP contribution < -0.4 is 10.1 Å². The summed E-state index contributed by atoms with van der Waals surface area (Å²) in [6.07, 6.45) is 3.54. The Morgan fingerprint density at radius 1 is 1.15 bits per heavy atom. The molecular formula is C21H17FN2O2. The summed E-state index contributed by atoms with van der Waals surface area (Å²) in [5.41, 5.74) is 4.43. The maximum Gasteiger partial charge on any atom is 0.251 e. The highest BCUT2D eigenvalue weighted by atomic mass is 19.1. The number of benzene rings is 2. The number of aromatic nitrogens is 1. The van der Waals surface area contributed by atoms with Gasteiger partial charge < -0.3 is 10.1 Å². The number of rotatable bonds is 3. The van der Waals surface area contributed by atoms with Crippen molar-refractivity contribution < 1.29 is 13.9 Å². The van der Waals surface area contributed by atoms with Crippen LogP contribution in [0.15, 0.2) is 60.9 Å². The third-order valence-electron chi connectivity index (χ3n) is 4.54. The van der Waals surface area contributed by atoms with Gasteiger partial charge in [0.05, 0.1) is 6.04 Å². The van der Waals surface area contributed by atoms with E-state index in [1.807, 2.05) is 19.1 Å². The van der Waals surface area contributed by atoms with Gasteiger partial charge in [0.15, 0.2) is 0 Å². The Morgan fingerprint density at radius 3 is 2.77 bits per heavy atom. The number of pyridine rings is 1. The predicted molar refractivity (Wildman–Crippen MR) is 96.3 cm³/mol. The smallest absolute Gasteiger partial charge is 0.251 e. The molecule has 5 heteroatoms. The zero-order valence-electron chi connectivity index (χ0n) is 14.2. The number of carbonyl (C=O) groups is 1. The van der Waals surface area contributed by atoms with Crippen molar-refractivity contribution in [2.24, 2.45) is 0 Å². The van der Waals surface area contributed by atoms with Gasteiger partial charge in [-0.25, -0.2) is 4.39 Å². The molecule has 3 aromatic rings. The highest BCUT2D eigenvalue weighted by Crippen LogP contribution is 2.37. The van der Waals surface area contributed by atoms with Crippen molar-refractivity contribution in [1.82, 2.24) is 10.3 Å². The average molecular weight is 348 g/mol. The molecule has 0 radical (unpaired) electrons. The van der Waals surface area contributed by atoms with Gasteiger partial charge in [0.2, 0.25) is 0 Å². The van der Waals surface area contributed by atoms with E-state index in [-0.39, 0.29) is 17.8 Å². The van der Waals surface area contributed by atoms with Gasteiger partial charge in [-0.05, 0) is 54.4 Å². The number of nitrogens with one attached hydrogen (secondary N) is 1. The Hall–Kier alpha value is -3.21. The van der Waals surface area contributed by atoms with E-state index in [0.717, 1.165) is 22.3 Å². The lowest BCUT2D eigenvalue weighted by Gasteiger charge is -2.21. The molecule has 1 atom stereocenters. The third-order valence-corrected chi connectivity index (χ3v) is 4.54. The lowest BCUT2D eigenvalue weighted by atomic mass is 9.97. The minimum atomic E-state index is -0.297. The Morgan fingerprint density at radius 2 is 1.96 bits per heavy atom. The first-order chi connectivity index (χ1) is 12.6. The molecule has 0 spiro atoms. The zero-order chi connectivity index (χ0) is 18.1. The van der Waals surface area contributed by atoms with Crippen molar-refractivity contribution >= 4 is 5.91 Å². The Labute approximate surface area is 150 Å². The van der Waals surface area contributed by atoms with Gasteiger partial charge in [0.25, 0.3) is 5.91 Å². The van der Waals surface area contributed by atoms with Gasteiger partial charge >= 0.3 is 0 Å². The van der Waals surface area contributed by atoms with Crippen LogP contribution in [0.4, 0.5) is 4.39 Å². The molecule has 2 heterocycles. The molecule has 1 aromatic heterocycles. The molecule has 1 N–H and O–H groups in total. The highest BCUT2D eigenvalue weighted by Gasteiger charge is 2.19. The minimum absolute atomic E-state index is 0.200. The van der Waals surface area contributed by atoms with Crippen molar-refractivity contribution in [2.75, 3.05) is 0 Å². The van der Waals surface area contributed by atoms with Crippen LogP contribution in [0.1, 0.15) is 34.5 Å². The van der Waals surface area contributed by atoms with Crippen LogP contribution in [0.3, 0.4) is 0 Å². The number of halogens is 1. The molecule has 1 aliphatic rings. The van der Waals surface area contributed by atoms with E-state index in [1.165, 1.54) is 12.1 Å². The first-order valence-corrected chi connectivity index (χ1v) is 8.38. The number of hydrogen-bond acceptors (Lipinski definition) is 3. The molecule has 4 nitrogen and oxygen atoms in total. The Balaban J connectivity index is 1.55. The van der Waals surface area contributed by atoms with Crippen molar-refractivity contribution in [3.8, 4) is 16.9 Å². The van der Waals surface area contributed by atoms with Crippen LogP contribution in [0.5, 0.6) is 5.75 Å². The van der Waals surface area contributed by atoms with Crippen molar-refractivity contribution in [3.05, 3.63) is 83.4 Å². The van der Waals surface area contributed by atoms with Crippen LogP contribution in [0, 0.1) is 5.82 Å². The topological polar surface area (TPSA) is 51.2 Å². The van der Waals surface area contributed by atoms with Crippen molar-refractivity contribution in [1.29, 1.82) is 0 Å². The van der Waals surface area contributed by atoms with Gasteiger partial charge in [-0.3, -0.25) is 9.78 Å². The first kappa shape index (κ1) is 16.3. The lowest BCUT2D eigenvalue weighted by Crippen LogP contribution is -2.26. The van der Waals surface area contributed by atoms with Gasteiger partial charge in [0.1, 0.15) is 18.2 Å². The Kier molecular flexibility index (Phi) is 4.13. The van der Waals surface area contributed by atoms with E-state index >= 15 is 0 Å².